The van der Waals surface area contributed by atoms with Crippen LogP contribution >= 0.6 is 0 Å². The Bertz CT molecular complexity index is 878. The zero-order valence-electron chi connectivity index (χ0n) is 19.3. The summed E-state index contributed by atoms with van der Waals surface area (Å²) in [6.07, 6.45) is 3.83. The fraction of sp³-hybridized carbons (Fsp3) is 0.231. The second-order valence-electron chi connectivity index (χ2n) is 3.29. The summed E-state index contributed by atoms with van der Waals surface area (Å²) < 4.78 is 66.1. The van der Waals surface area contributed by atoms with E-state index in [0.29, 0.717) is 0 Å². The number of carbonyl (C=O) groups excluding carboxylic acids is 1. The van der Waals surface area contributed by atoms with Gasteiger partial charge in [-0.25, -0.2) is 29.5 Å². The lowest BCUT2D eigenvalue weighted by Crippen LogP contribution is -2.06. The van der Waals surface area contributed by atoms with Crippen LogP contribution in [-0.4, -0.2) is 44.0 Å². The zero-order valence-corrected chi connectivity index (χ0v) is 10.3. The first kappa shape index (κ1) is 7.21. The number of hydrogen-bond acceptors (Lipinski definition) is 7. The highest BCUT2D eigenvalue weighted by molar-refractivity contribution is 5.84. The van der Waals surface area contributed by atoms with Gasteiger partial charge in [0.15, 0.2) is 0 Å². The molecule has 8 nitrogen and oxygen atoms in total. The summed E-state index contributed by atoms with van der Waals surface area (Å²) in [5.74, 6) is -3.43. The summed E-state index contributed by atoms with van der Waals surface area (Å²) in [6, 6.07) is 0. The number of esters is 1. The van der Waals surface area contributed by atoms with E-state index >= 15 is 0 Å². The summed E-state index contributed by atoms with van der Waals surface area (Å²) in [5.41, 5.74) is -0.222. The fourth-order valence-corrected chi connectivity index (χ4v) is 0.918. The highest BCUT2D eigenvalue weighted by Crippen LogP contribution is 1.94. The molecule has 8 heteroatoms. The summed E-state index contributed by atoms with van der Waals surface area (Å²) in [5, 5.41) is 8.41. The Labute approximate surface area is 133 Å². The van der Waals surface area contributed by atoms with Crippen molar-refractivity contribution in [3.63, 3.8) is 0 Å². The van der Waals surface area contributed by atoms with Crippen LogP contribution in [0, 0.1) is 13.7 Å². The zero-order chi connectivity index (χ0) is 23.3. The number of carboxylic acid groups (broad SMARTS) is 1. The number of hydrogen-bond donors (Lipinski definition) is 1. The molecule has 110 valence electrons. The van der Waals surface area contributed by atoms with Crippen molar-refractivity contribution in [1.82, 2.24) is 19.9 Å². The molecule has 0 bridgehead atoms. The van der Waals surface area contributed by atoms with Gasteiger partial charge in [0.2, 0.25) is 11.6 Å². The predicted octanol–water partition coefficient (Wildman–Crippen LogP) is 1.05. The molecule has 0 saturated heterocycles. The monoisotopic (exact) mass is 299 g/mol. The minimum absolute atomic E-state index is 0.0718. The van der Waals surface area contributed by atoms with Gasteiger partial charge in [-0.1, -0.05) is 0 Å². The maximum absolute atomic E-state index is 11.2. The molecule has 0 spiro atoms. The van der Waals surface area contributed by atoms with E-state index < -0.39 is 44.3 Å². The van der Waals surface area contributed by atoms with E-state index in [9.17, 15) is 9.59 Å². The quantitative estimate of drug-likeness (QED) is 0.818. The summed E-state index contributed by atoms with van der Waals surface area (Å²) in [4.78, 5) is 35.1. The first-order valence-electron chi connectivity index (χ1n) is 9.62. The van der Waals surface area contributed by atoms with Crippen molar-refractivity contribution in [1.29, 1.82) is 0 Å². The minimum Gasteiger partial charge on any atom is -0.475 e. The largest absolute Gasteiger partial charge is 0.475 e. The van der Waals surface area contributed by atoms with Crippen LogP contribution in [-0.2, 0) is 4.74 Å². The standard InChI is InChI=1S/C7H8N2O2.C6H6N2O2/c1-5-3-8-6(9-4-5)7(10)11-2;1-4-2-7-5(6(9)10)8-3-4/h3-4H,1-2H3;2-3H,1H3,(H,9,10)/i1D3,2D3;1D3. The Hall–Kier alpha value is -2.90. The normalized spacial score (nSPS) is 17.4. The van der Waals surface area contributed by atoms with Gasteiger partial charge < -0.3 is 9.84 Å². The lowest BCUT2D eigenvalue weighted by molar-refractivity contribution is 0.0585. The third-order valence-electron chi connectivity index (χ3n) is 1.77. The van der Waals surface area contributed by atoms with Crippen molar-refractivity contribution in [3.05, 3.63) is 47.6 Å². The van der Waals surface area contributed by atoms with E-state index in [4.69, 9.17) is 17.4 Å². The predicted molar refractivity (Wildman–Crippen MR) is 71.8 cm³/mol. The Kier molecular flexibility index (Phi) is 2.62. The van der Waals surface area contributed by atoms with Crippen LogP contribution in [0.1, 0.15) is 44.7 Å². The van der Waals surface area contributed by atoms with E-state index in [1.807, 2.05) is 0 Å². The molecule has 0 atom stereocenters. The van der Waals surface area contributed by atoms with Crippen molar-refractivity contribution in [3.8, 4) is 0 Å². The van der Waals surface area contributed by atoms with Crippen LogP contribution in [0.15, 0.2) is 24.8 Å². The molecule has 2 aromatic rings. The molecule has 0 aliphatic carbocycles. The second kappa shape index (κ2) is 7.63. The first-order valence-corrected chi connectivity index (χ1v) is 5.12. The van der Waals surface area contributed by atoms with Crippen LogP contribution in [0.2, 0.25) is 0 Å². The minimum atomic E-state index is -2.89. The highest BCUT2D eigenvalue weighted by Gasteiger charge is 2.06. The number of ether oxygens (including phenoxy) is 1. The third kappa shape index (κ3) is 5.31. The van der Waals surface area contributed by atoms with Gasteiger partial charge in [-0.2, -0.15) is 0 Å². The Morgan fingerprint density at radius 1 is 1.00 bits per heavy atom. The van der Waals surface area contributed by atoms with Crippen molar-refractivity contribution in [2.75, 3.05) is 7.04 Å². The van der Waals surface area contributed by atoms with Gasteiger partial charge in [0, 0.05) is 33.0 Å². The smallest absolute Gasteiger partial charge is 0.376 e. The highest BCUT2D eigenvalue weighted by atomic mass is 16.5. The number of carboxylic acids is 1. The van der Waals surface area contributed by atoms with Crippen molar-refractivity contribution < 1.29 is 31.8 Å². The molecule has 0 saturated carbocycles. The molecule has 1 N–H and O–H groups in total. The molecule has 2 rings (SSSR count). The first-order chi connectivity index (χ1) is 13.5. The Morgan fingerprint density at radius 3 is 1.86 bits per heavy atom. The molecule has 0 aromatic carbocycles. The molecule has 2 aromatic heterocycles. The van der Waals surface area contributed by atoms with Gasteiger partial charge in [0.05, 0.1) is 11.2 Å². The number of aromatic carboxylic acids is 1. The molecular weight excluding hydrogens is 276 g/mol. The van der Waals surface area contributed by atoms with Gasteiger partial charge in [-0.3, -0.25) is 0 Å². The number of aromatic nitrogens is 4. The van der Waals surface area contributed by atoms with Crippen LogP contribution in [0.4, 0.5) is 0 Å². The molecule has 0 amide bonds. The summed E-state index contributed by atoms with van der Waals surface area (Å²) >= 11 is 0. The topological polar surface area (TPSA) is 115 Å². The molecule has 0 aliphatic rings. The van der Waals surface area contributed by atoms with Gasteiger partial charge in [-0.05, 0) is 24.8 Å². The molecule has 0 fully saturated rings. The van der Waals surface area contributed by atoms with E-state index in [-0.39, 0.29) is 11.1 Å². The number of methoxy groups -OCH3 is 1. The van der Waals surface area contributed by atoms with Gasteiger partial charge in [0.1, 0.15) is 0 Å². The number of aryl methyl sites for hydroxylation is 2. The van der Waals surface area contributed by atoms with Crippen LogP contribution in [0.5, 0.6) is 0 Å². The molecule has 21 heavy (non-hydrogen) atoms. The summed E-state index contributed by atoms with van der Waals surface area (Å²) in [6.45, 7) is -4.68. The van der Waals surface area contributed by atoms with Gasteiger partial charge in [-0.15, -0.1) is 0 Å². The fourth-order valence-electron chi connectivity index (χ4n) is 0.918. The van der Waals surface area contributed by atoms with Crippen LogP contribution in [0.25, 0.3) is 0 Å². The van der Waals surface area contributed by atoms with Gasteiger partial charge >= 0.3 is 11.9 Å². The van der Waals surface area contributed by atoms with Crippen molar-refractivity contribution >= 4 is 11.9 Å². The average molecular weight is 299 g/mol. The van der Waals surface area contributed by atoms with Crippen molar-refractivity contribution in [2.45, 2.75) is 13.7 Å². The molecular formula is C13H14N4O4. The van der Waals surface area contributed by atoms with E-state index in [1.165, 1.54) is 0 Å². The maximum atomic E-state index is 11.2. The maximum Gasteiger partial charge on any atom is 0.376 e. The average Bonchev–Trinajstić information content (AvgIpc) is 2.59. The molecule has 0 radical (unpaired) electrons. The van der Waals surface area contributed by atoms with Gasteiger partial charge in [0.25, 0.3) is 0 Å². The molecule has 2 heterocycles. The Morgan fingerprint density at radius 2 is 1.48 bits per heavy atom. The molecule has 0 unspecified atom stereocenters. The number of rotatable bonds is 2. The Balaban J connectivity index is 0.000000311. The lowest BCUT2D eigenvalue weighted by Gasteiger charge is -1.95. The van der Waals surface area contributed by atoms with E-state index in [2.05, 4.69) is 24.7 Å². The third-order valence-corrected chi connectivity index (χ3v) is 1.77. The van der Waals surface area contributed by atoms with Crippen LogP contribution < -0.4 is 0 Å². The summed E-state index contributed by atoms with van der Waals surface area (Å²) in [7, 11) is -2.89. The van der Waals surface area contributed by atoms with E-state index in [1.54, 1.807) is 0 Å². The van der Waals surface area contributed by atoms with E-state index in [0.717, 1.165) is 24.8 Å². The molecule has 0 aliphatic heterocycles. The van der Waals surface area contributed by atoms with Crippen molar-refractivity contribution in [2.24, 2.45) is 0 Å². The number of nitrogens with zero attached hydrogens (tertiary/aromatic N) is 4. The number of carbonyl (C=O) groups is 2. The SMILES string of the molecule is [2H]C([2H])([2H])OC(=O)c1ncc(C([2H])([2H])[2H])cn1.[2H]C([2H])([2H])c1cnc(C(=O)O)nc1. The lowest BCUT2D eigenvalue weighted by atomic mass is 10.4. The van der Waals surface area contributed by atoms with Crippen LogP contribution in [0.3, 0.4) is 0 Å². The second-order valence-corrected chi connectivity index (χ2v) is 3.29.